The molecule has 0 fully saturated rings. The van der Waals surface area contributed by atoms with Gasteiger partial charge in [0.15, 0.2) is 5.82 Å². The van der Waals surface area contributed by atoms with Gasteiger partial charge in [-0.05, 0) is 18.2 Å². The summed E-state index contributed by atoms with van der Waals surface area (Å²) < 4.78 is 37.5. The molecule has 0 atom stereocenters. The van der Waals surface area contributed by atoms with E-state index in [9.17, 15) is 13.2 Å². The molecule has 0 radical (unpaired) electrons. The second kappa shape index (κ2) is 5.83. The number of hydrogen-bond donors (Lipinski definition) is 3. The third kappa shape index (κ3) is 3.72. The Morgan fingerprint density at radius 2 is 1.95 bits per heavy atom. The minimum Gasteiger partial charge on any atom is -0.396 e. The fourth-order valence-corrected chi connectivity index (χ4v) is 1.51. The van der Waals surface area contributed by atoms with Gasteiger partial charge in [0.2, 0.25) is 0 Å². The molecule has 9 heteroatoms. The Morgan fingerprint density at radius 3 is 2.48 bits per heavy atom. The second-order valence-electron chi connectivity index (χ2n) is 4.02. The highest BCUT2D eigenvalue weighted by Crippen LogP contribution is 2.32. The maximum Gasteiger partial charge on any atom is 0.417 e. The summed E-state index contributed by atoms with van der Waals surface area (Å²) >= 11 is 0. The highest BCUT2D eigenvalue weighted by Gasteiger charge is 2.31. The van der Waals surface area contributed by atoms with E-state index in [1.54, 1.807) is 12.1 Å². The van der Waals surface area contributed by atoms with Crippen molar-refractivity contribution in [1.82, 2.24) is 9.97 Å². The molecule has 0 aliphatic heterocycles. The summed E-state index contributed by atoms with van der Waals surface area (Å²) in [7, 11) is 1.45. The first kappa shape index (κ1) is 14.9. The van der Waals surface area contributed by atoms with Crippen LogP contribution in [0.2, 0.25) is 0 Å². The van der Waals surface area contributed by atoms with E-state index in [1.807, 2.05) is 0 Å². The van der Waals surface area contributed by atoms with E-state index in [4.69, 9.17) is 5.73 Å². The van der Waals surface area contributed by atoms with Crippen molar-refractivity contribution in [3.63, 3.8) is 0 Å². The molecule has 2 heterocycles. The zero-order chi connectivity index (χ0) is 15.5. The molecule has 0 aliphatic carbocycles. The van der Waals surface area contributed by atoms with Crippen molar-refractivity contribution >= 4 is 23.0 Å². The first-order valence-electron chi connectivity index (χ1n) is 5.75. The van der Waals surface area contributed by atoms with Gasteiger partial charge in [-0.1, -0.05) is 0 Å². The molecule has 2 aromatic rings. The molecular weight excluding hydrogens is 287 g/mol. The van der Waals surface area contributed by atoms with Gasteiger partial charge in [0, 0.05) is 6.20 Å². The van der Waals surface area contributed by atoms with Crippen molar-refractivity contribution in [3.05, 3.63) is 36.2 Å². The van der Waals surface area contributed by atoms with Gasteiger partial charge in [-0.15, -0.1) is 0 Å². The number of rotatable bonds is 4. The van der Waals surface area contributed by atoms with Crippen LogP contribution in [0.4, 0.5) is 36.2 Å². The predicted octanol–water partition coefficient (Wildman–Crippen LogP) is 2.79. The number of nitrogen functional groups attached to an aromatic ring is 1. The molecule has 2 rings (SSSR count). The van der Waals surface area contributed by atoms with Crippen molar-refractivity contribution in [2.45, 2.75) is 6.18 Å². The molecule has 112 valence electrons. The predicted molar refractivity (Wildman–Crippen MR) is 71.8 cm³/mol. The van der Waals surface area contributed by atoms with E-state index < -0.39 is 11.7 Å². The van der Waals surface area contributed by atoms with Crippen molar-refractivity contribution in [2.24, 2.45) is 0 Å². The van der Waals surface area contributed by atoms with E-state index in [0.717, 1.165) is 6.07 Å². The van der Waals surface area contributed by atoms with Crippen LogP contribution >= 0.6 is 0 Å². The van der Waals surface area contributed by atoms with Crippen LogP contribution in [-0.2, 0) is 11.0 Å². The van der Waals surface area contributed by atoms with Gasteiger partial charge in [-0.25, -0.2) is 15.4 Å². The third-order valence-electron chi connectivity index (χ3n) is 2.48. The van der Waals surface area contributed by atoms with Gasteiger partial charge >= 0.3 is 6.18 Å². The number of aromatic nitrogens is 2. The highest BCUT2D eigenvalue weighted by atomic mass is 19.4. The van der Waals surface area contributed by atoms with Gasteiger partial charge in [0.25, 0.3) is 0 Å². The Bertz CT molecular complexity index is 615. The Balaban J connectivity index is 2.16. The van der Waals surface area contributed by atoms with Crippen LogP contribution in [0.5, 0.6) is 0 Å². The Kier molecular flexibility index (Phi) is 4.13. The van der Waals surface area contributed by atoms with E-state index in [0.29, 0.717) is 17.7 Å². The number of anilines is 4. The SMILES string of the molecule is CONc1ccc(Nc2ncc(C(F)(F)F)cc2N)cn1. The molecule has 0 aliphatic rings. The fourth-order valence-electron chi connectivity index (χ4n) is 1.51. The van der Waals surface area contributed by atoms with E-state index in [-0.39, 0.29) is 11.5 Å². The lowest BCUT2D eigenvalue weighted by Crippen LogP contribution is -2.08. The molecule has 0 aromatic carbocycles. The van der Waals surface area contributed by atoms with Gasteiger partial charge in [-0.3, -0.25) is 4.84 Å². The maximum atomic E-state index is 12.5. The van der Waals surface area contributed by atoms with Crippen LogP contribution < -0.4 is 16.5 Å². The van der Waals surface area contributed by atoms with Crippen molar-refractivity contribution in [1.29, 1.82) is 0 Å². The van der Waals surface area contributed by atoms with Crippen LogP contribution in [0.15, 0.2) is 30.6 Å². The molecule has 0 saturated heterocycles. The summed E-state index contributed by atoms with van der Waals surface area (Å²) in [6.45, 7) is 0. The lowest BCUT2D eigenvalue weighted by atomic mass is 10.2. The van der Waals surface area contributed by atoms with E-state index >= 15 is 0 Å². The lowest BCUT2D eigenvalue weighted by Gasteiger charge is -2.11. The second-order valence-corrected chi connectivity index (χ2v) is 4.02. The number of nitrogens with one attached hydrogen (secondary N) is 2. The quantitative estimate of drug-likeness (QED) is 0.753. The monoisotopic (exact) mass is 299 g/mol. The van der Waals surface area contributed by atoms with Crippen LogP contribution in [0.3, 0.4) is 0 Å². The topological polar surface area (TPSA) is 85.1 Å². The minimum atomic E-state index is -4.48. The van der Waals surface area contributed by atoms with Crippen LogP contribution in [-0.4, -0.2) is 17.1 Å². The van der Waals surface area contributed by atoms with Gasteiger partial charge in [0.1, 0.15) is 5.82 Å². The summed E-state index contributed by atoms with van der Waals surface area (Å²) in [5.41, 5.74) is 7.61. The number of halogens is 3. The Morgan fingerprint density at radius 1 is 1.19 bits per heavy atom. The normalized spacial score (nSPS) is 11.2. The number of nitrogens with zero attached hydrogens (tertiary/aromatic N) is 2. The van der Waals surface area contributed by atoms with Gasteiger partial charge < -0.3 is 11.1 Å². The molecule has 21 heavy (non-hydrogen) atoms. The van der Waals surface area contributed by atoms with Gasteiger partial charge in [-0.2, -0.15) is 13.2 Å². The number of pyridine rings is 2. The zero-order valence-corrected chi connectivity index (χ0v) is 10.9. The van der Waals surface area contributed by atoms with Crippen LogP contribution in [0, 0.1) is 0 Å². The molecule has 0 saturated carbocycles. The first-order chi connectivity index (χ1) is 9.90. The molecule has 4 N–H and O–H groups in total. The third-order valence-corrected chi connectivity index (χ3v) is 2.48. The van der Waals surface area contributed by atoms with E-state index in [2.05, 4.69) is 25.6 Å². The average Bonchev–Trinajstić information content (AvgIpc) is 2.42. The molecule has 0 spiro atoms. The van der Waals surface area contributed by atoms with Crippen LogP contribution in [0.1, 0.15) is 5.56 Å². The smallest absolute Gasteiger partial charge is 0.396 e. The summed E-state index contributed by atoms with van der Waals surface area (Å²) in [4.78, 5) is 12.4. The van der Waals surface area contributed by atoms with E-state index in [1.165, 1.54) is 13.3 Å². The number of nitrogens with two attached hydrogens (primary N) is 1. The largest absolute Gasteiger partial charge is 0.417 e. The Hall–Kier alpha value is -2.55. The number of hydrogen-bond acceptors (Lipinski definition) is 6. The molecular formula is C12H12F3N5O. The average molecular weight is 299 g/mol. The Labute approximate surface area is 118 Å². The molecule has 6 nitrogen and oxygen atoms in total. The molecule has 0 unspecified atom stereocenters. The van der Waals surface area contributed by atoms with Gasteiger partial charge in [0.05, 0.1) is 30.2 Å². The standard InChI is InChI=1S/C12H12F3N5O/c1-21-20-10-3-2-8(6-17-10)19-11-9(16)4-7(5-18-11)12(13,14)15/h2-6H,16H2,1H3,(H,17,20)(H,18,19). The first-order valence-corrected chi connectivity index (χ1v) is 5.75. The summed E-state index contributed by atoms with van der Waals surface area (Å²) in [5, 5.41) is 2.79. The number of alkyl halides is 3. The minimum absolute atomic E-state index is 0.107. The zero-order valence-electron chi connectivity index (χ0n) is 10.9. The van der Waals surface area contributed by atoms with Crippen LogP contribution in [0.25, 0.3) is 0 Å². The molecule has 2 aromatic heterocycles. The summed E-state index contributed by atoms with van der Waals surface area (Å²) in [6, 6.07) is 4.09. The maximum absolute atomic E-state index is 12.5. The van der Waals surface area contributed by atoms with Crippen molar-refractivity contribution < 1.29 is 18.0 Å². The lowest BCUT2D eigenvalue weighted by molar-refractivity contribution is -0.137. The molecule has 0 bridgehead atoms. The fraction of sp³-hybridized carbons (Fsp3) is 0.167. The highest BCUT2D eigenvalue weighted by molar-refractivity contribution is 5.69. The van der Waals surface area contributed by atoms with Crippen molar-refractivity contribution in [2.75, 3.05) is 23.6 Å². The molecule has 0 amide bonds. The summed E-state index contributed by atoms with van der Waals surface area (Å²) in [5.74, 6) is 0.605. The summed E-state index contributed by atoms with van der Waals surface area (Å²) in [6.07, 6.45) is -2.30. The van der Waals surface area contributed by atoms with Crippen molar-refractivity contribution in [3.8, 4) is 0 Å².